The van der Waals surface area contributed by atoms with Crippen LogP contribution in [0.1, 0.15) is 104 Å². The predicted octanol–water partition coefficient (Wildman–Crippen LogP) is 3.04. The summed E-state index contributed by atoms with van der Waals surface area (Å²) in [5, 5.41) is 0. The maximum Gasteiger partial charge on any atom is 1.00 e. The molecule has 0 fully saturated rings. The molecule has 23 heavy (non-hydrogen) atoms. The summed E-state index contributed by atoms with van der Waals surface area (Å²) in [4.78, 5) is 0. The van der Waals surface area contributed by atoms with Crippen LogP contribution in [-0.4, -0.2) is 17.5 Å². The maximum absolute atomic E-state index is 8.74. The van der Waals surface area contributed by atoms with Crippen LogP contribution in [0.4, 0.5) is 0 Å². The Morgan fingerprint density at radius 3 is 1.22 bits per heavy atom. The summed E-state index contributed by atoms with van der Waals surface area (Å²) in [6.45, 7) is 4.57. The Morgan fingerprint density at radius 1 is 0.652 bits per heavy atom. The number of hydrogen-bond acceptors (Lipinski definition) is 2. The molecule has 0 aromatic heterocycles. The third-order valence-corrected chi connectivity index (χ3v) is 3.52. The molecule has 0 rings (SSSR count). The van der Waals surface area contributed by atoms with Crippen molar-refractivity contribution < 1.29 is 47.1 Å². The van der Waals surface area contributed by atoms with Crippen molar-refractivity contribution in [2.24, 2.45) is 0 Å². The number of unbranched alkanes of at least 4 members (excludes halogenated alkanes) is 14. The van der Waals surface area contributed by atoms with Gasteiger partial charge in [0.1, 0.15) is 0 Å². The van der Waals surface area contributed by atoms with Crippen molar-refractivity contribution >= 4 is 10.4 Å². The van der Waals surface area contributed by atoms with Gasteiger partial charge in [-0.3, -0.25) is 9.11 Å². The molecule has 2 N–H and O–H groups in total. The van der Waals surface area contributed by atoms with Gasteiger partial charge in [0.15, 0.2) is 0 Å². The van der Waals surface area contributed by atoms with Crippen molar-refractivity contribution in [3.05, 3.63) is 6.42 Å². The van der Waals surface area contributed by atoms with Crippen LogP contribution in [0.25, 0.3) is 0 Å². The second kappa shape index (κ2) is 22.9. The fourth-order valence-corrected chi connectivity index (χ4v) is 2.28. The molecular formula is C17H37NaO4S. The van der Waals surface area contributed by atoms with Gasteiger partial charge >= 0.3 is 40.0 Å². The smallest absolute Gasteiger partial charge is 0.328 e. The van der Waals surface area contributed by atoms with E-state index in [9.17, 15) is 0 Å². The van der Waals surface area contributed by atoms with Crippen LogP contribution in [0.3, 0.4) is 0 Å². The molecule has 0 amide bonds. The molecule has 0 aliphatic rings. The van der Waals surface area contributed by atoms with Crippen LogP contribution >= 0.6 is 0 Å². The minimum Gasteiger partial charge on any atom is -0.328 e. The molecule has 0 saturated heterocycles. The van der Waals surface area contributed by atoms with Gasteiger partial charge in [0.25, 0.3) is 0 Å². The minimum atomic E-state index is -4.67. The van der Waals surface area contributed by atoms with Gasteiger partial charge in [-0.05, 0) is 0 Å². The Kier molecular flexibility index (Phi) is 28.5. The van der Waals surface area contributed by atoms with E-state index in [4.69, 9.17) is 17.5 Å². The van der Waals surface area contributed by atoms with Gasteiger partial charge < -0.3 is 6.42 Å². The van der Waals surface area contributed by atoms with E-state index in [1.807, 2.05) is 0 Å². The van der Waals surface area contributed by atoms with Crippen molar-refractivity contribution in [1.82, 2.24) is 0 Å². The molecule has 0 bridgehead atoms. The van der Waals surface area contributed by atoms with E-state index in [1.54, 1.807) is 0 Å². The van der Waals surface area contributed by atoms with Crippen molar-refractivity contribution in [1.29, 1.82) is 0 Å². The first-order valence-electron chi connectivity index (χ1n) is 8.93. The van der Waals surface area contributed by atoms with Crippen molar-refractivity contribution in [2.75, 3.05) is 0 Å². The molecule has 0 saturated carbocycles. The van der Waals surface area contributed by atoms with Gasteiger partial charge in [-0.25, -0.2) is 0 Å². The molecule has 4 nitrogen and oxygen atoms in total. The van der Waals surface area contributed by atoms with Gasteiger partial charge in [0.2, 0.25) is 0 Å². The van der Waals surface area contributed by atoms with Crippen molar-refractivity contribution in [3.8, 4) is 0 Å². The standard InChI is InChI=1S/C17H35.Na.H2O4S/c1-3-5-7-9-11-13-15-17-16-14-12-10-8-6-4-2;;1-5(2,3)4/h17H,3-16H2,1-2H3;;(H2,1,2,3,4)/q-1;+1;. The molecule has 0 atom stereocenters. The molecule has 6 heteroatoms. The summed E-state index contributed by atoms with van der Waals surface area (Å²) >= 11 is 0. The Balaban J connectivity index is -0.000000578. The molecule has 0 spiro atoms. The molecule has 0 aromatic carbocycles. The van der Waals surface area contributed by atoms with Gasteiger partial charge in [0.05, 0.1) is 0 Å². The quantitative estimate of drug-likeness (QED) is 0.216. The van der Waals surface area contributed by atoms with Crippen molar-refractivity contribution in [2.45, 2.75) is 104 Å². The summed E-state index contributed by atoms with van der Waals surface area (Å²) in [6.07, 6.45) is 22.4. The van der Waals surface area contributed by atoms with Crippen LogP contribution in [-0.2, 0) is 10.4 Å². The van der Waals surface area contributed by atoms with Crippen molar-refractivity contribution in [3.63, 3.8) is 0 Å². The van der Waals surface area contributed by atoms with Gasteiger partial charge in [-0.15, -0.1) is 0 Å². The molecule has 0 aromatic rings. The Labute approximate surface area is 167 Å². The van der Waals surface area contributed by atoms with Crippen LogP contribution < -0.4 is 29.6 Å². The fraction of sp³-hybridized carbons (Fsp3) is 0.941. The topological polar surface area (TPSA) is 74.6 Å². The van der Waals surface area contributed by atoms with Crippen LogP contribution in [0.15, 0.2) is 0 Å². The van der Waals surface area contributed by atoms with E-state index >= 15 is 0 Å². The van der Waals surface area contributed by atoms with Gasteiger partial charge in [-0.2, -0.15) is 21.3 Å². The Morgan fingerprint density at radius 2 is 0.913 bits per heavy atom. The fourth-order valence-electron chi connectivity index (χ4n) is 2.28. The second-order valence-electron chi connectivity index (χ2n) is 5.85. The van der Waals surface area contributed by atoms with E-state index in [1.165, 1.54) is 89.9 Å². The van der Waals surface area contributed by atoms with E-state index in [-0.39, 0.29) is 29.6 Å². The minimum absolute atomic E-state index is 0. The zero-order valence-corrected chi connectivity index (χ0v) is 18.4. The van der Waals surface area contributed by atoms with Crippen LogP contribution in [0, 0.1) is 6.42 Å². The van der Waals surface area contributed by atoms with E-state index in [0.717, 1.165) is 0 Å². The third kappa shape index (κ3) is 45.0. The van der Waals surface area contributed by atoms with E-state index in [2.05, 4.69) is 20.3 Å². The first-order chi connectivity index (χ1) is 10.4. The first-order valence-corrected chi connectivity index (χ1v) is 10.3. The molecule has 0 aliphatic carbocycles. The second-order valence-corrected chi connectivity index (χ2v) is 6.75. The summed E-state index contributed by atoms with van der Waals surface area (Å²) < 4.78 is 31.6. The monoisotopic (exact) mass is 360 g/mol. The van der Waals surface area contributed by atoms with Crippen LogP contribution in [0.5, 0.6) is 0 Å². The molecule has 0 radical (unpaired) electrons. The summed E-state index contributed by atoms with van der Waals surface area (Å²) in [5.74, 6) is 0. The predicted molar refractivity (Wildman–Crippen MR) is 94.5 cm³/mol. The summed E-state index contributed by atoms with van der Waals surface area (Å²) in [6, 6.07) is 0. The zero-order chi connectivity index (χ0) is 17.1. The van der Waals surface area contributed by atoms with Crippen LogP contribution in [0.2, 0.25) is 0 Å². The normalized spacial score (nSPS) is 10.6. The van der Waals surface area contributed by atoms with E-state index in [0.29, 0.717) is 0 Å². The first kappa shape index (κ1) is 28.7. The Bertz CT molecular complexity index is 273. The Hall–Kier alpha value is 0.870. The molecule has 0 heterocycles. The SMILES string of the molecule is CCCCCCCC[CH-]CCCCCCCC.O=S(=O)(O)O.[Na+]. The third-order valence-electron chi connectivity index (χ3n) is 3.52. The maximum atomic E-state index is 8.74. The summed E-state index contributed by atoms with van der Waals surface area (Å²) in [5.41, 5.74) is 0. The zero-order valence-electron chi connectivity index (χ0n) is 15.6. The largest absolute Gasteiger partial charge is 1.00 e. The van der Waals surface area contributed by atoms with Gasteiger partial charge in [-0.1, -0.05) is 90.9 Å². The van der Waals surface area contributed by atoms with Gasteiger partial charge in [0, 0.05) is 0 Å². The van der Waals surface area contributed by atoms with E-state index < -0.39 is 10.4 Å². The average Bonchev–Trinajstić information content (AvgIpc) is 2.42. The molecule has 136 valence electrons. The molecular weight excluding hydrogens is 323 g/mol. The molecule has 0 unspecified atom stereocenters. The average molecular weight is 361 g/mol. The summed E-state index contributed by atoms with van der Waals surface area (Å²) in [7, 11) is -4.67. The molecule has 0 aliphatic heterocycles. The number of hydrogen-bond donors (Lipinski definition) is 2. The number of rotatable bonds is 14.